The van der Waals surface area contributed by atoms with Crippen LogP contribution in [0.15, 0.2) is 83.3 Å². The lowest BCUT2D eigenvalue weighted by Gasteiger charge is -2.26. The molecule has 3 aromatic carbocycles. The molecule has 0 radical (unpaired) electrons. The van der Waals surface area contributed by atoms with E-state index >= 15 is 0 Å². The lowest BCUT2D eigenvalue weighted by molar-refractivity contribution is 0.798. The van der Waals surface area contributed by atoms with Crippen LogP contribution in [-0.4, -0.2) is 0 Å². The van der Waals surface area contributed by atoms with Crippen LogP contribution in [-0.2, 0) is 19.6 Å². The Morgan fingerprint density at radius 1 is 0.708 bits per heavy atom. The molecule has 0 fully saturated rings. The minimum absolute atomic E-state index is 0.539. The highest BCUT2D eigenvalue weighted by molar-refractivity contribution is 9.10. The minimum atomic E-state index is 0.539. The average Bonchev–Trinajstić information content (AvgIpc) is 2.62. The first-order valence-corrected chi connectivity index (χ1v) is 8.86. The maximum Gasteiger partial charge on any atom is 0.0433 e. The van der Waals surface area contributed by atoms with Crippen LogP contribution in [0.5, 0.6) is 0 Å². The number of nitrogens with zero attached hydrogens (tertiary/aromatic N) is 1. The molecule has 0 aliphatic heterocycles. The molecule has 0 saturated heterocycles. The van der Waals surface area contributed by atoms with E-state index < -0.39 is 0 Å². The van der Waals surface area contributed by atoms with Crippen LogP contribution in [0.25, 0.3) is 0 Å². The summed E-state index contributed by atoms with van der Waals surface area (Å²) in [4.78, 5) is 2.38. The molecule has 0 amide bonds. The van der Waals surface area contributed by atoms with E-state index in [0.29, 0.717) is 6.54 Å². The SMILES string of the molecule is NCc1cc(Br)cc(N(Cc2ccccc2)Cc2ccccc2)c1. The van der Waals surface area contributed by atoms with Crippen molar-refractivity contribution in [2.24, 2.45) is 5.73 Å². The van der Waals surface area contributed by atoms with Crippen molar-refractivity contribution in [2.75, 3.05) is 4.90 Å². The highest BCUT2D eigenvalue weighted by Crippen LogP contribution is 2.26. The Bertz CT molecular complexity index is 731. The third-order valence-electron chi connectivity index (χ3n) is 3.98. The molecule has 0 spiro atoms. The topological polar surface area (TPSA) is 29.3 Å². The van der Waals surface area contributed by atoms with Gasteiger partial charge in [0, 0.05) is 29.8 Å². The number of hydrogen-bond donors (Lipinski definition) is 1. The molecule has 0 aliphatic rings. The maximum atomic E-state index is 5.85. The van der Waals surface area contributed by atoms with Crippen LogP contribution in [0.3, 0.4) is 0 Å². The molecule has 0 heterocycles. The van der Waals surface area contributed by atoms with Crippen molar-refractivity contribution in [1.29, 1.82) is 0 Å². The quantitative estimate of drug-likeness (QED) is 0.643. The maximum absolute atomic E-state index is 5.85. The summed E-state index contributed by atoms with van der Waals surface area (Å²) in [5.41, 5.74) is 10.8. The second kappa shape index (κ2) is 8.13. The Labute approximate surface area is 152 Å². The number of anilines is 1. The summed E-state index contributed by atoms with van der Waals surface area (Å²) in [5.74, 6) is 0. The molecule has 122 valence electrons. The molecule has 0 bridgehead atoms. The van der Waals surface area contributed by atoms with Gasteiger partial charge in [-0.25, -0.2) is 0 Å². The van der Waals surface area contributed by atoms with Crippen molar-refractivity contribution in [3.63, 3.8) is 0 Å². The van der Waals surface area contributed by atoms with Crippen LogP contribution in [0, 0.1) is 0 Å². The zero-order valence-corrected chi connectivity index (χ0v) is 15.1. The zero-order chi connectivity index (χ0) is 16.8. The van der Waals surface area contributed by atoms with Crippen LogP contribution in [0.1, 0.15) is 16.7 Å². The van der Waals surface area contributed by atoms with Gasteiger partial charge in [-0.2, -0.15) is 0 Å². The van der Waals surface area contributed by atoms with Crippen molar-refractivity contribution in [1.82, 2.24) is 0 Å². The Morgan fingerprint density at radius 3 is 1.75 bits per heavy atom. The normalized spacial score (nSPS) is 10.6. The van der Waals surface area contributed by atoms with Crippen molar-refractivity contribution in [3.05, 3.63) is 100 Å². The van der Waals surface area contributed by atoms with E-state index in [9.17, 15) is 0 Å². The molecule has 3 aromatic rings. The first-order chi connectivity index (χ1) is 11.7. The van der Waals surface area contributed by atoms with E-state index in [4.69, 9.17) is 5.73 Å². The molecule has 0 unspecified atom stereocenters. The number of nitrogens with two attached hydrogens (primary N) is 1. The van der Waals surface area contributed by atoms with Gasteiger partial charge in [-0.3, -0.25) is 0 Å². The summed E-state index contributed by atoms with van der Waals surface area (Å²) in [5, 5.41) is 0. The highest BCUT2D eigenvalue weighted by Gasteiger charge is 2.10. The van der Waals surface area contributed by atoms with Gasteiger partial charge in [0.25, 0.3) is 0 Å². The summed E-state index contributed by atoms with van der Waals surface area (Å²) in [6.45, 7) is 2.25. The van der Waals surface area contributed by atoms with Crippen molar-refractivity contribution < 1.29 is 0 Å². The molecule has 0 saturated carbocycles. The van der Waals surface area contributed by atoms with Gasteiger partial charge in [0.1, 0.15) is 0 Å². The number of halogens is 1. The number of hydrogen-bond acceptors (Lipinski definition) is 2. The van der Waals surface area contributed by atoms with Gasteiger partial charge in [-0.05, 0) is 34.9 Å². The lowest BCUT2D eigenvalue weighted by atomic mass is 10.1. The molecular weight excluding hydrogens is 360 g/mol. The fraction of sp³-hybridized carbons (Fsp3) is 0.143. The van der Waals surface area contributed by atoms with Gasteiger partial charge in [0.15, 0.2) is 0 Å². The van der Waals surface area contributed by atoms with Gasteiger partial charge >= 0.3 is 0 Å². The lowest BCUT2D eigenvalue weighted by Crippen LogP contribution is -2.22. The Morgan fingerprint density at radius 2 is 1.25 bits per heavy atom. The van der Waals surface area contributed by atoms with Crippen LogP contribution in [0.4, 0.5) is 5.69 Å². The predicted octanol–water partition coefficient (Wildman–Crippen LogP) is 5.11. The largest absolute Gasteiger partial charge is 0.363 e. The zero-order valence-electron chi connectivity index (χ0n) is 13.5. The van der Waals surface area contributed by atoms with Gasteiger partial charge in [0.2, 0.25) is 0 Å². The highest BCUT2D eigenvalue weighted by atomic mass is 79.9. The van der Waals surface area contributed by atoms with Crippen LogP contribution < -0.4 is 10.6 Å². The van der Waals surface area contributed by atoms with E-state index in [1.165, 1.54) is 16.8 Å². The molecular formula is C21H21BrN2. The van der Waals surface area contributed by atoms with E-state index in [0.717, 1.165) is 23.1 Å². The van der Waals surface area contributed by atoms with Crippen molar-refractivity contribution in [2.45, 2.75) is 19.6 Å². The third kappa shape index (κ3) is 4.47. The first-order valence-electron chi connectivity index (χ1n) is 8.07. The monoisotopic (exact) mass is 380 g/mol. The van der Waals surface area contributed by atoms with E-state index in [1.807, 2.05) is 0 Å². The van der Waals surface area contributed by atoms with Crippen molar-refractivity contribution in [3.8, 4) is 0 Å². The minimum Gasteiger partial charge on any atom is -0.363 e. The molecule has 3 heteroatoms. The number of rotatable bonds is 6. The molecule has 0 aliphatic carbocycles. The second-order valence-corrected chi connectivity index (χ2v) is 6.76. The summed E-state index contributed by atoms with van der Waals surface area (Å²) in [6.07, 6.45) is 0. The average molecular weight is 381 g/mol. The Hall–Kier alpha value is -2.10. The summed E-state index contributed by atoms with van der Waals surface area (Å²) >= 11 is 3.61. The fourth-order valence-electron chi connectivity index (χ4n) is 2.78. The molecule has 2 nitrogen and oxygen atoms in total. The van der Waals surface area contributed by atoms with Gasteiger partial charge < -0.3 is 10.6 Å². The Balaban J connectivity index is 1.93. The number of benzene rings is 3. The first kappa shape index (κ1) is 16.7. The summed E-state index contributed by atoms with van der Waals surface area (Å²) in [7, 11) is 0. The molecule has 2 N–H and O–H groups in total. The van der Waals surface area contributed by atoms with E-state index in [-0.39, 0.29) is 0 Å². The van der Waals surface area contributed by atoms with Crippen LogP contribution in [0.2, 0.25) is 0 Å². The third-order valence-corrected chi connectivity index (χ3v) is 4.43. The van der Waals surface area contributed by atoms with Gasteiger partial charge in [-0.1, -0.05) is 76.6 Å². The molecule has 0 atom stereocenters. The summed E-state index contributed by atoms with van der Waals surface area (Å²) in [6, 6.07) is 27.5. The molecule has 24 heavy (non-hydrogen) atoms. The summed E-state index contributed by atoms with van der Waals surface area (Å²) < 4.78 is 1.06. The van der Waals surface area contributed by atoms with Gasteiger partial charge in [-0.15, -0.1) is 0 Å². The van der Waals surface area contributed by atoms with Crippen LogP contribution >= 0.6 is 15.9 Å². The van der Waals surface area contributed by atoms with Crippen molar-refractivity contribution >= 4 is 21.6 Å². The smallest absolute Gasteiger partial charge is 0.0433 e. The van der Waals surface area contributed by atoms with E-state index in [2.05, 4.69) is 99.7 Å². The standard InChI is InChI=1S/C21H21BrN2/c22-20-11-19(14-23)12-21(13-20)24(15-17-7-3-1-4-8-17)16-18-9-5-2-6-10-18/h1-13H,14-16,23H2. The second-order valence-electron chi connectivity index (χ2n) is 5.85. The fourth-order valence-corrected chi connectivity index (χ4v) is 3.31. The van der Waals surface area contributed by atoms with Gasteiger partial charge in [0.05, 0.1) is 0 Å². The predicted molar refractivity (Wildman–Crippen MR) is 105 cm³/mol. The molecule has 0 aromatic heterocycles. The molecule has 3 rings (SSSR count). The van der Waals surface area contributed by atoms with E-state index in [1.54, 1.807) is 0 Å². The Kier molecular flexibility index (Phi) is 5.68.